The normalized spacial score (nSPS) is 14.3. The van der Waals surface area contributed by atoms with Crippen molar-refractivity contribution in [1.82, 2.24) is 0 Å². The van der Waals surface area contributed by atoms with Gasteiger partial charge in [0.25, 0.3) is 0 Å². The molecule has 1 fully saturated rings. The van der Waals surface area contributed by atoms with E-state index in [0.29, 0.717) is 13.2 Å². The maximum absolute atomic E-state index is 4.91. The average Bonchev–Trinajstić information content (AvgIpc) is 2.72. The molecular weight excluding hydrogens is 541 g/mol. The molecule has 4 nitrogen and oxygen atoms in total. The van der Waals surface area contributed by atoms with Gasteiger partial charge in [0.2, 0.25) is 0 Å². The summed E-state index contributed by atoms with van der Waals surface area (Å²) in [7, 11) is 0. The minimum atomic E-state index is -0.429. The van der Waals surface area contributed by atoms with Crippen LogP contribution in [0.15, 0.2) is 24.4 Å². The van der Waals surface area contributed by atoms with Crippen molar-refractivity contribution >= 4 is 50.5 Å². The number of rotatable bonds is 8. The quantitative estimate of drug-likeness (QED) is 0.221. The second-order valence-corrected chi connectivity index (χ2v) is 8.20. The van der Waals surface area contributed by atoms with E-state index in [0.717, 1.165) is 45.3 Å². The van der Waals surface area contributed by atoms with Crippen molar-refractivity contribution in [2.75, 3.05) is 32.8 Å². The average molecular weight is 577 g/mol. The van der Waals surface area contributed by atoms with E-state index in [4.69, 9.17) is 9.47 Å². The third-order valence-corrected chi connectivity index (χ3v) is 3.83. The van der Waals surface area contributed by atoms with E-state index in [2.05, 4.69) is 75.0 Å². The van der Waals surface area contributed by atoms with Gasteiger partial charge in [0.15, 0.2) is 0 Å². The summed E-state index contributed by atoms with van der Waals surface area (Å²) in [6, 6.07) is 0. The standard InChI is InChI=1S/C5H10N.C5H6N.2C5H12OS2.Cd/c2*1-2-4-6-5-3-1;2*1-2-3-4-6-5(7)8;/h1-5H2;1-4H,5H2;2*5,7-8H,2-4H2,1H3;/q2*-1;;;/p-4. The van der Waals surface area contributed by atoms with Crippen LogP contribution in [0.2, 0.25) is 0 Å². The van der Waals surface area contributed by atoms with E-state index in [9.17, 15) is 0 Å². The summed E-state index contributed by atoms with van der Waals surface area (Å²) in [5.74, 6) is 0. The van der Waals surface area contributed by atoms with Gasteiger partial charge in [-0.2, -0.15) is 15.7 Å². The monoisotopic (exact) mass is 578 g/mol. The first-order valence-corrected chi connectivity index (χ1v) is 11.9. The fraction of sp³-hybridized carbons (Fsp3) is 0.800. The van der Waals surface area contributed by atoms with Crippen LogP contribution in [0.3, 0.4) is 0 Å². The summed E-state index contributed by atoms with van der Waals surface area (Å²) < 4.78 is 8.97. The SMILES string of the molecule is C1=CC[N-]C=C1.C1CC[N-]CC1.CCCCOC([S-])[S-].CCCCOC([S-])[S-].[Cd]. The summed E-state index contributed by atoms with van der Waals surface area (Å²) in [4.78, 5) is 0. The Morgan fingerprint density at radius 1 is 0.828 bits per heavy atom. The van der Waals surface area contributed by atoms with Gasteiger partial charge in [-0.25, -0.2) is 0 Å². The Kier molecular flexibility index (Phi) is 38.3. The molecule has 2 rings (SSSR count). The maximum atomic E-state index is 4.91. The Balaban J connectivity index is -0.000000309. The number of ether oxygens (including phenoxy) is 2. The number of allylic oxidation sites excluding steroid dienone is 2. The summed E-state index contributed by atoms with van der Waals surface area (Å²) in [6.07, 6.45) is 16.2. The minimum absolute atomic E-state index is 0. The molecular formula is C20H36CdN2O2S4-6. The molecule has 0 aromatic heterocycles. The fourth-order valence-corrected chi connectivity index (χ4v) is 2.14. The number of piperidine rings is 1. The molecule has 0 aromatic carbocycles. The zero-order chi connectivity index (χ0) is 21.3. The molecule has 1 saturated heterocycles. The van der Waals surface area contributed by atoms with Crippen molar-refractivity contribution in [1.29, 1.82) is 0 Å². The van der Waals surface area contributed by atoms with E-state index in [1.165, 1.54) is 19.3 Å². The third-order valence-electron chi connectivity index (χ3n) is 3.29. The molecule has 29 heavy (non-hydrogen) atoms. The van der Waals surface area contributed by atoms with Crippen LogP contribution in [-0.2, 0) is 87.3 Å². The molecule has 0 aromatic rings. The van der Waals surface area contributed by atoms with Crippen LogP contribution in [0.25, 0.3) is 10.6 Å². The predicted octanol–water partition coefficient (Wildman–Crippen LogP) is 5.35. The number of unbranched alkanes of at least 4 members (excludes halogenated alkanes) is 2. The van der Waals surface area contributed by atoms with Gasteiger partial charge in [-0.15, -0.1) is 25.7 Å². The summed E-state index contributed by atoms with van der Waals surface area (Å²) in [5.41, 5.74) is 0. The zero-order valence-corrected chi connectivity index (χ0v) is 25.3. The van der Waals surface area contributed by atoms with Gasteiger partial charge in [0, 0.05) is 40.5 Å². The largest absolute Gasteiger partial charge is 0.788 e. The van der Waals surface area contributed by atoms with Gasteiger partial charge in [-0.05, 0) is 12.8 Å². The molecule has 0 amide bonds. The molecule has 2 heterocycles. The topological polar surface area (TPSA) is 46.7 Å². The van der Waals surface area contributed by atoms with Crippen molar-refractivity contribution < 1.29 is 36.8 Å². The van der Waals surface area contributed by atoms with Gasteiger partial charge >= 0.3 is 0 Å². The molecule has 0 atom stereocenters. The van der Waals surface area contributed by atoms with Crippen LogP contribution in [0.4, 0.5) is 0 Å². The second kappa shape index (κ2) is 31.7. The van der Waals surface area contributed by atoms with E-state index >= 15 is 0 Å². The first-order chi connectivity index (χ1) is 13.5. The van der Waals surface area contributed by atoms with Crippen LogP contribution in [0.1, 0.15) is 58.8 Å². The van der Waals surface area contributed by atoms with Gasteiger partial charge < -0.3 is 70.6 Å². The molecule has 2 aliphatic heterocycles. The van der Waals surface area contributed by atoms with E-state index in [-0.39, 0.29) is 27.3 Å². The first kappa shape index (κ1) is 35.1. The Labute approximate surface area is 222 Å². The summed E-state index contributed by atoms with van der Waals surface area (Å²) >= 11 is 18.3. The summed E-state index contributed by atoms with van der Waals surface area (Å²) in [6.45, 7) is 8.75. The van der Waals surface area contributed by atoms with Crippen molar-refractivity contribution in [3.05, 3.63) is 35.1 Å². The van der Waals surface area contributed by atoms with Crippen LogP contribution >= 0.6 is 0 Å². The van der Waals surface area contributed by atoms with Crippen molar-refractivity contribution in [3.8, 4) is 0 Å². The van der Waals surface area contributed by atoms with Gasteiger partial charge in [-0.1, -0.05) is 58.1 Å². The maximum Gasteiger partial charge on any atom is 0.0417 e. The van der Waals surface area contributed by atoms with Gasteiger partial charge in [0.1, 0.15) is 0 Å². The van der Waals surface area contributed by atoms with Crippen molar-refractivity contribution in [2.24, 2.45) is 0 Å². The molecule has 0 unspecified atom stereocenters. The molecule has 2 aliphatic rings. The molecule has 9 heteroatoms. The number of hydrogen-bond acceptors (Lipinski definition) is 6. The molecule has 0 N–H and O–H groups in total. The molecule has 0 saturated carbocycles. The van der Waals surface area contributed by atoms with Gasteiger partial charge in [-0.3, -0.25) is 0 Å². The number of nitrogens with zero attached hydrogens (tertiary/aromatic N) is 2. The van der Waals surface area contributed by atoms with Crippen LogP contribution < -0.4 is 0 Å². The second-order valence-electron chi connectivity index (χ2n) is 5.89. The molecule has 0 bridgehead atoms. The Morgan fingerprint density at radius 2 is 1.34 bits per heavy atom. The zero-order valence-electron chi connectivity index (χ0n) is 18.0. The van der Waals surface area contributed by atoms with Crippen LogP contribution in [-0.4, -0.2) is 42.4 Å². The van der Waals surface area contributed by atoms with Crippen LogP contribution in [0.5, 0.6) is 0 Å². The molecule has 0 radical (unpaired) electrons. The van der Waals surface area contributed by atoms with Crippen molar-refractivity contribution in [2.45, 2.75) is 68.3 Å². The molecule has 0 spiro atoms. The van der Waals surface area contributed by atoms with E-state index in [1.807, 2.05) is 18.2 Å². The summed E-state index contributed by atoms with van der Waals surface area (Å²) in [5, 5.41) is 8.09. The predicted molar refractivity (Wildman–Crippen MR) is 132 cm³/mol. The minimum Gasteiger partial charge on any atom is -0.788 e. The first-order valence-electron chi connectivity index (χ1n) is 10.0. The van der Waals surface area contributed by atoms with E-state index in [1.54, 1.807) is 6.20 Å². The van der Waals surface area contributed by atoms with E-state index < -0.39 is 9.54 Å². The number of hydrogen-bond donors (Lipinski definition) is 0. The van der Waals surface area contributed by atoms with Gasteiger partial charge in [0.05, 0.1) is 0 Å². The fourth-order valence-electron chi connectivity index (χ4n) is 1.76. The Bertz CT molecular complexity index is 309. The van der Waals surface area contributed by atoms with Crippen LogP contribution in [0, 0.1) is 0 Å². The molecule has 170 valence electrons. The Morgan fingerprint density at radius 3 is 1.52 bits per heavy atom. The van der Waals surface area contributed by atoms with Crippen molar-refractivity contribution in [3.63, 3.8) is 0 Å². The Hall–Kier alpha value is 1.48. The third kappa shape index (κ3) is 40.4. The smallest absolute Gasteiger partial charge is 0.0417 e. The molecule has 0 aliphatic carbocycles.